The molecule has 1 fully saturated rings. The van der Waals surface area contributed by atoms with Gasteiger partial charge in [0.25, 0.3) is 5.91 Å². The Bertz CT molecular complexity index is 895. The van der Waals surface area contributed by atoms with Crippen LogP contribution >= 0.6 is 0 Å². The fourth-order valence-electron chi connectivity index (χ4n) is 3.47. The first kappa shape index (κ1) is 15.8. The van der Waals surface area contributed by atoms with Gasteiger partial charge in [-0.25, -0.2) is 9.37 Å². The molecule has 2 aromatic carbocycles. The van der Waals surface area contributed by atoms with E-state index in [1.807, 2.05) is 18.2 Å². The maximum absolute atomic E-state index is 14.6. The molecule has 0 N–H and O–H groups in total. The lowest BCUT2D eigenvalue weighted by molar-refractivity contribution is 0.0734. The minimum atomic E-state index is -0.503. The summed E-state index contributed by atoms with van der Waals surface area (Å²) in [6.45, 7) is 0. The topological polar surface area (TPSA) is 46.3 Å². The highest BCUT2D eigenvalue weighted by atomic mass is 19.1. The number of oxazole rings is 1. The molecule has 1 saturated carbocycles. The van der Waals surface area contributed by atoms with Crippen molar-refractivity contribution in [2.24, 2.45) is 0 Å². The van der Waals surface area contributed by atoms with Gasteiger partial charge in [-0.15, -0.1) is 0 Å². The summed E-state index contributed by atoms with van der Waals surface area (Å²) in [7, 11) is 1.80. The molecule has 1 heterocycles. The summed E-state index contributed by atoms with van der Waals surface area (Å²) >= 11 is 0. The van der Waals surface area contributed by atoms with E-state index in [-0.39, 0.29) is 23.4 Å². The number of aromatic nitrogens is 1. The zero-order valence-electron chi connectivity index (χ0n) is 14.0. The lowest BCUT2D eigenvalue weighted by atomic mass is 10.1. The largest absolute Gasteiger partial charge is 0.436 e. The molecule has 0 unspecified atom stereocenters. The van der Waals surface area contributed by atoms with E-state index < -0.39 is 5.82 Å². The average molecular weight is 338 g/mol. The summed E-state index contributed by atoms with van der Waals surface area (Å²) in [6.07, 6.45) is 4.33. The van der Waals surface area contributed by atoms with E-state index in [2.05, 4.69) is 4.98 Å². The number of carbonyl (C=O) groups excluding carboxylic acids is 1. The molecular formula is C20H19FN2O2. The Hall–Kier alpha value is -2.69. The van der Waals surface area contributed by atoms with Crippen molar-refractivity contribution in [2.75, 3.05) is 7.05 Å². The van der Waals surface area contributed by atoms with Gasteiger partial charge < -0.3 is 9.32 Å². The van der Waals surface area contributed by atoms with Gasteiger partial charge in [0.05, 0.1) is 5.56 Å². The molecule has 4 rings (SSSR count). The van der Waals surface area contributed by atoms with Crippen molar-refractivity contribution in [3.05, 3.63) is 53.8 Å². The highest BCUT2D eigenvalue weighted by Gasteiger charge is 2.25. The van der Waals surface area contributed by atoms with Crippen molar-refractivity contribution in [3.63, 3.8) is 0 Å². The van der Waals surface area contributed by atoms with Crippen LogP contribution in [0.15, 0.2) is 46.9 Å². The average Bonchev–Trinajstić information content (AvgIpc) is 3.29. The Labute approximate surface area is 145 Å². The van der Waals surface area contributed by atoms with Crippen LogP contribution in [0.2, 0.25) is 0 Å². The lowest BCUT2D eigenvalue weighted by Gasteiger charge is -2.24. The number of carbonyl (C=O) groups is 1. The summed E-state index contributed by atoms with van der Waals surface area (Å²) in [4.78, 5) is 18.6. The van der Waals surface area contributed by atoms with Gasteiger partial charge in [0, 0.05) is 18.7 Å². The van der Waals surface area contributed by atoms with E-state index in [0.717, 1.165) is 25.7 Å². The fourth-order valence-corrected chi connectivity index (χ4v) is 3.47. The molecule has 0 spiro atoms. The third kappa shape index (κ3) is 2.90. The van der Waals surface area contributed by atoms with Gasteiger partial charge in [-0.1, -0.05) is 25.0 Å². The van der Waals surface area contributed by atoms with Gasteiger partial charge in [0.1, 0.15) is 11.3 Å². The van der Waals surface area contributed by atoms with Crippen LogP contribution < -0.4 is 0 Å². The number of rotatable bonds is 3. The van der Waals surface area contributed by atoms with E-state index in [4.69, 9.17) is 4.42 Å². The quantitative estimate of drug-likeness (QED) is 0.698. The number of fused-ring (bicyclic) bond motifs is 1. The molecule has 4 nitrogen and oxygen atoms in total. The van der Waals surface area contributed by atoms with Crippen molar-refractivity contribution in [1.29, 1.82) is 0 Å². The zero-order chi connectivity index (χ0) is 17.4. The van der Waals surface area contributed by atoms with E-state index in [0.29, 0.717) is 16.7 Å². The maximum atomic E-state index is 14.6. The fraction of sp³-hybridized carbons (Fsp3) is 0.300. The molecule has 3 aromatic rings. The van der Waals surface area contributed by atoms with Gasteiger partial charge in [-0.05, 0) is 43.2 Å². The lowest BCUT2D eigenvalue weighted by Crippen LogP contribution is -2.35. The van der Waals surface area contributed by atoms with E-state index in [9.17, 15) is 9.18 Å². The van der Waals surface area contributed by atoms with Gasteiger partial charge in [-0.2, -0.15) is 0 Å². The summed E-state index contributed by atoms with van der Waals surface area (Å²) in [5.74, 6) is -0.422. The highest BCUT2D eigenvalue weighted by molar-refractivity contribution is 5.94. The van der Waals surface area contributed by atoms with Crippen LogP contribution in [0.3, 0.4) is 0 Å². The number of benzene rings is 2. The minimum Gasteiger partial charge on any atom is -0.436 e. The first-order valence-electron chi connectivity index (χ1n) is 8.56. The number of hydrogen-bond acceptors (Lipinski definition) is 3. The van der Waals surface area contributed by atoms with Gasteiger partial charge in [0.15, 0.2) is 5.58 Å². The number of nitrogens with zero attached hydrogens (tertiary/aromatic N) is 2. The minimum absolute atomic E-state index is 0.144. The molecule has 1 aliphatic rings. The van der Waals surface area contributed by atoms with Crippen molar-refractivity contribution < 1.29 is 13.6 Å². The van der Waals surface area contributed by atoms with E-state index in [1.54, 1.807) is 30.1 Å². The van der Waals surface area contributed by atoms with Crippen molar-refractivity contribution in [2.45, 2.75) is 31.7 Å². The summed E-state index contributed by atoms with van der Waals surface area (Å²) in [5.41, 5.74) is 1.90. The summed E-state index contributed by atoms with van der Waals surface area (Å²) in [6, 6.07) is 12.0. The number of hydrogen-bond donors (Lipinski definition) is 0. The molecule has 0 bridgehead atoms. The van der Waals surface area contributed by atoms with Crippen LogP contribution in [0.5, 0.6) is 0 Å². The summed E-state index contributed by atoms with van der Waals surface area (Å²) in [5, 5.41) is 0. The predicted molar refractivity (Wildman–Crippen MR) is 93.8 cm³/mol. The Kier molecular flexibility index (Phi) is 3.99. The first-order chi connectivity index (χ1) is 12.1. The first-order valence-corrected chi connectivity index (χ1v) is 8.56. The van der Waals surface area contributed by atoms with Gasteiger partial charge in [0.2, 0.25) is 5.89 Å². The Morgan fingerprint density at radius 2 is 1.96 bits per heavy atom. The van der Waals surface area contributed by atoms with E-state index in [1.165, 1.54) is 6.07 Å². The monoisotopic (exact) mass is 338 g/mol. The van der Waals surface area contributed by atoms with Crippen LogP contribution in [-0.2, 0) is 0 Å². The third-order valence-electron chi connectivity index (χ3n) is 4.93. The second kappa shape index (κ2) is 6.31. The molecule has 1 aromatic heterocycles. The van der Waals surface area contributed by atoms with Crippen LogP contribution in [-0.4, -0.2) is 28.9 Å². The number of halogens is 1. The van der Waals surface area contributed by atoms with Crippen molar-refractivity contribution in [1.82, 2.24) is 9.88 Å². The predicted octanol–water partition coefficient (Wildman–Crippen LogP) is 4.65. The molecule has 1 aliphatic carbocycles. The third-order valence-corrected chi connectivity index (χ3v) is 4.93. The molecule has 0 radical (unpaired) electrons. The van der Waals surface area contributed by atoms with Crippen LogP contribution in [0.1, 0.15) is 36.0 Å². The Morgan fingerprint density at radius 3 is 2.68 bits per heavy atom. The SMILES string of the molecule is CN(C(=O)c1ccc(-c2nc3ccccc3o2)c(F)c1)C1CCCC1. The maximum Gasteiger partial charge on any atom is 0.253 e. The zero-order valence-corrected chi connectivity index (χ0v) is 14.0. The second-order valence-corrected chi connectivity index (χ2v) is 6.54. The van der Waals surface area contributed by atoms with Crippen molar-refractivity contribution >= 4 is 17.0 Å². The summed E-state index contributed by atoms with van der Waals surface area (Å²) < 4.78 is 20.2. The molecule has 0 atom stereocenters. The van der Waals surface area contributed by atoms with Crippen molar-refractivity contribution in [3.8, 4) is 11.5 Å². The second-order valence-electron chi connectivity index (χ2n) is 6.54. The van der Waals surface area contributed by atoms with Crippen LogP contribution in [0.25, 0.3) is 22.6 Å². The molecule has 1 amide bonds. The standard InChI is InChI=1S/C20H19FN2O2/c1-23(14-6-2-3-7-14)20(24)13-10-11-15(16(21)12-13)19-22-17-8-4-5-9-18(17)25-19/h4-5,8-12,14H,2-3,6-7H2,1H3. The van der Waals surface area contributed by atoms with E-state index >= 15 is 0 Å². The molecule has 128 valence electrons. The highest BCUT2D eigenvalue weighted by Crippen LogP contribution is 2.28. The van der Waals surface area contributed by atoms with Gasteiger partial charge >= 0.3 is 0 Å². The molecule has 5 heteroatoms. The normalized spacial score (nSPS) is 15.0. The molecular weight excluding hydrogens is 319 g/mol. The molecule has 0 saturated heterocycles. The Balaban J connectivity index is 1.63. The molecule has 0 aliphatic heterocycles. The molecule has 25 heavy (non-hydrogen) atoms. The Morgan fingerprint density at radius 1 is 1.20 bits per heavy atom. The van der Waals surface area contributed by atoms with Crippen LogP contribution in [0.4, 0.5) is 4.39 Å². The van der Waals surface area contributed by atoms with Gasteiger partial charge in [-0.3, -0.25) is 4.79 Å². The number of amides is 1. The van der Waals surface area contributed by atoms with Crippen LogP contribution in [0, 0.1) is 5.82 Å². The smallest absolute Gasteiger partial charge is 0.253 e. The number of para-hydroxylation sites is 2.